The number of nitrogens with two attached hydrogens (primary N) is 1. The number of piperazine rings is 1. The van der Waals surface area contributed by atoms with Crippen molar-refractivity contribution in [2.75, 3.05) is 19.7 Å². The summed E-state index contributed by atoms with van der Waals surface area (Å²) >= 11 is 0. The zero-order valence-electron chi connectivity index (χ0n) is 16.2. The maximum atomic E-state index is 13.8. The van der Waals surface area contributed by atoms with E-state index in [4.69, 9.17) is 10.5 Å². The first-order valence-electron chi connectivity index (χ1n) is 9.06. The summed E-state index contributed by atoms with van der Waals surface area (Å²) in [5, 5.41) is 2.65. The molecule has 156 valence electrons. The highest BCUT2D eigenvalue weighted by Crippen LogP contribution is 2.19. The molecular formula is C19H26F3N3O3. The number of rotatable bonds is 6. The van der Waals surface area contributed by atoms with E-state index in [1.807, 2.05) is 20.8 Å². The molecule has 1 aromatic rings. The summed E-state index contributed by atoms with van der Waals surface area (Å²) in [5.74, 6) is -4.24. The molecule has 0 bridgehead atoms. The van der Waals surface area contributed by atoms with E-state index in [0.717, 1.165) is 6.07 Å². The first-order valence-corrected chi connectivity index (χ1v) is 9.06. The number of nitrogens with one attached hydrogen (secondary N) is 1. The number of ether oxygens (including phenoxy) is 1. The van der Waals surface area contributed by atoms with Gasteiger partial charge in [0.15, 0.2) is 11.6 Å². The molecule has 3 N–H and O–H groups in total. The van der Waals surface area contributed by atoms with Gasteiger partial charge >= 0.3 is 0 Å². The summed E-state index contributed by atoms with van der Waals surface area (Å²) in [6.45, 7) is 6.62. The van der Waals surface area contributed by atoms with Crippen LogP contribution in [-0.2, 0) is 20.7 Å². The quantitative estimate of drug-likeness (QED) is 0.711. The van der Waals surface area contributed by atoms with Crippen molar-refractivity contribution in [1.82, 2.24) is 10.2 Å². The van der Waals surface area contributed by atoms with E-state index in [2.05, 4.69) is 5.32 Å². The average Bonchev–Trinajstić information content (AvgIpc) is 2.57. The third kappa shape index (κ3) is 5.93. The molecule has 1 fully saturated rings. The van der Waals surface area contributed by atoms with Crippen molar-refractivity contribution in [3.05, 3.63) is 35.1 Å². The molecule has 1 unspecified atom stereocenters. The highest BCUT2D eigenvalue weighted by atomic mass is 19.2. The SMILES string of the molecule is CC(C)(C)CO[C@@H]1C(=O)NCCN1C(=O)CC(N)Cc1cc(F)c(F)cc1F. The number of benzene rings is 1. The fourth-order valence-electron chi connectivity index (χ4n) is 2.81. The van der Waals surface area contributed by atoms with E-state index in [1.165, 1.54) is 4.90 Å². The number of halogens is 3. The van der Waals surface area contributed by atoms with Crippen LogP contribution in [0.15, 0.2) is 12.1 Å². The van der Waals surface area contributed by atoms with Gasteiger partial charge in [0, 0.05) is 31.6 Å². The van der Waals surface area contributed by atoms with E-state index in [9.17, 15) is 22.8 Å². The molecule has 0 aliphatic carbocycles. The molecule has 2 amide bonds. The van der Waals surface area contributed by atoms with E-state index < -0.39 is 41.5 Å². The Morgan fingerprint density at radius 1 is 1.29 bits per heavy atom. The molecule has 0 aromatic heterocycles. The lowest BCUT2D eigenvalue weighted by Crippen LogP contribution is -2.59. The van der Waals surface area contributed by atoms with Crippen molar-refractivity contribution >= 4 is 11.8 Å². The number of amides is 2. The predicted molar refractivity (Wildman–Crippen MR) is 96.5 cm³/mol. The Morgan fingerprint density at radius 3 is 2.57 bits per heavy atom. The molecule has 28 heavy (non-hydrogen) atoms. The number of nitrogens with zero attached hydrogens (tertiary/aromatic N) is 1. The van der Waals surface area contributed by atoms with E-state index in [-0.39, 0.29) is 43.5 Å². The fourth-order valence-corrected chi connectivity index (χ4v) is 2.81. The maximum absolute atomic E-state index is 13.8. The van der Waals surface area contributed by atoms with Gasteiger partial charge in [-0.15, -0.1) is 0 Å². The van der Waals surface area contributed by atoms with Crippen LogP contribution in [0, 0.1) is 22.9 Å². The third-order valence-electron chi connectivity index (χ3n) is 4.16. The van der Waals surface area contributed by atoms with E-state index in [0.29, 0.717) is 6.07 Å². The molecule has 1 aromatic carbocycles. The second-order valence-electron chi connectivity index (χ2n) is 8.13. The van der Waals surface area contributed by atoms with Gasteiger partial charge in [-0.05, 0) is 23.5 Å². The smallest absolute Gasteiger partial charge is 0.270 e. The third-order valence-corrected chi connectivity index (χ3v) is 4.16. The van der Waals surface area contributed by atoms with Gasteiger partial charge in [0.1, 0.15) is 5.82 Å². The number of carbonyl (C=O) groups is 2. The molecule has 0 radical (unpaired) electrons. The van der Waals surface area contributed by atoms with Gasteiger partial charge in [-0.1, -0.05) is 20.8 Å². The van der Waals surface area contributed by atoms with Crippen molar-refractivity contribution in [3.8, 4) is 0 Å². The first kappa shape index (κ1) is 22.2. The molecule has 1 heterocycles. The van der Waals surface area contributed by atoms with Gasteiger partial charge in [-0.2, -0.15) is 0 Å². The second-order valence-corrected chi connectivity index (χ2v) is 8.13. The molecule has 1 aliphatic rings. The topological polar surface area (TPSA) is 84.7 Å². The van der Waals surface area contributed by atoms with Crippen LogP contribution in [0.25, 0.3) is 0 Å². The van der Waals surface area contributed by atoms with E-state index in [1.54, 1.807) is 0 Å². The lowest BCUT2D eigenvalue weighted by Gasteiger charge is -2.36. The van der Waals surface area contributed by atoms with Gasteiger partial charge in [0.2, 0.25) is 12.1 Å². The summed E-state index contributed by atoms with van der Waals surface area (Å²) in [6, 6.07) is 0.350. The molecule has 6 nitrogen and oxygen atoms in total. The van der Waals surface area contributed by atoms with Crippen LogP contribution in [0.3, 0.4) is 0 Å². The van der Waals surface area contributed by atoms with Crippen molar-refractivity contribution in [2.24, 2.45) is 11.1 Å². The Morgan fingerprint density at radius 2 is 1.93 bits per heavy atom. The summed E-state index contributed by atoms with van der Waals surface area (Å²) < 4.78 is 45.8. The van der Waals surface area contributed by atoms with Gasteiger partial charge in [0.25, 0.3) is 5.91 Å². The first-order chi connectivity index (χ1) is 13.0. The van der Waals surface area contributed by atoms with Crippen LogP contribution in [0.2, 0.25) is 0 Å². The molecule has 1 saturated heterocycles. The summed E-state index contributed by atoms with van der Waals surface area (Å²) in [4.78, 5) is 26.1. The molecule has 2 atom stereocenters. The van der Waals surface area contributed by atoms with Crippen LogP contribution in [-0.4, -0.2) is 48.7 Å². The molecular weight excluding hydrogens is 375 g/mol. The zero-order chi connectivity index (χ0) is 21.1. The Hall–Kier alpha value is -2.13. The second kappa shape index (κ2) is 8.91. The lowest BCUT2D eigenvalue weighted by molar-refractivity contribution is -0.167. The number of hydrogen-bond acceptors (Lipinski definition) is 4. The zero-order valence-corrected chi connectivity index (χ0v) is 16.2. The molecule has 9 heteroatoms. The maximum Gasteiger partial charge on any atom is 0.270 e. The van der Waals surface area contributed by atoms with Crippen LogP contribution < -0.4 is 11.1 Å². The van der Waals surface area contributed by atoms with Crippen LogP contribution >= 0.6 is 0 Å². The van der Waals surface area contributed by atoms with Gasteiger partial charge in [-0.25, -0.2) is 13.2 Å². The Labute approximate surface area is 162 Å². The minimum Gasteiger partial charge on any atom is -0.350 e. The summed E-state index contributed by atoms with van der Waals surface area (Å²) in [5.41, 5.74) is 5.61. The Balaban J connectivity index is 2.02. The summed E-state index contributed by atoms with van der Waals surface area (Å²) in [6.07, 6.45) is -1.41. The van der Waals surface area contributed by atoms with Crippen LogP contribution in [0.4, 0.5) is 13.2 Å². The van der Waals surface area contributed by atoms with Crippen LogP contribution in [0.1, 0.15) is 32.8 Å². The van der Waals surface area contributed by atoms with Crippen molar-refractivity contribution in [1.29, 1.82) is 0 Å². The summed E-state index contributed by atoms with van der Waals surface area (Å²) in [7, 11) is 0. The van der Waals surface area contributed by atoms with Crippen molar-refractivity contribution in [3.63, 3.8) is 0 Å². The van der Waals surface area contributed by atoms with Crippen LogP contribution in [0.5, 0.6) is 0 Å². The fraction of sp³-hybridized carbons (Fsp3) is 0.579. The van der Waals surface area contributed by atoms with Gasteiger partial charge in [-0.3, -0.25) is 9.59 Å². The monoisotopic (exact) mass is 401 g/mol. The highest BCUT2D eigenvalue weighted by Gasteiger charge is 2.35. The Kier molecular flexibility index (Phi) is 7.06. The largest absolute Gasteiger partial charge is 0.350 e. The molecule has 0 spiro atoms. The molecule has 1 aliphatic heterocycles. The van der Waals surface area contributed by atoms with E-state index >= 15 is 0 Å². The normalized spacial score (nSPS) is 18.8. The van der Waals surface area contributed by atoms with Crippen molar-refractivity contribution in [2.45, 2.75) is 45.9 Å². The van der Waals surface area contributed by atoms with Gasteiger partial charge in [0.05, 0.1) is 6.61 Å². The minimum absolute atomic E-state index is 0.115. The number of hydrogen-bond donors (Lipinski definition) is 2. The highest BCUT2D eigenvalue weighted by molar-refractivity contribution is 5.87. The number of carbonyl (C=O) groups excluding carboxylic acids is 2. The predicted octanol–water partition coefficient (Wildman–Crippen LogP) is 1.71. The Bertz CT molecular complexity index is 737. The van der Waals surface area contributed by atoms with Crippen molar-refractivity contribution < 1.29 is 27.5 Å². The molecule has 0 saturated carbocycles. The standard InChI is InChI=1S/C19H26F3N3O3/c1-19(2,3)10-28-18-17(27)24-4-5-25(18)16(26)8-12(23)6-11-7-14(21)15(22)9-13(11)20/h7,9,12,18H,4-6,8,10,23H2,1-3H3,(H,24,27)/t12?,18-/m1/s1. The average molecular weight is 401 g/mol. The molecule has 2 rings (SSSR count). The minimum atomic E-state index is -1.29. The van der Waals surface area contributed by atoms with Gasteiger partial charge < -0.3 is 20.7 Å². The lowest BCUT2D eigenvalue weighted by atomic mass is 9.98.